The van der Waals surface area contributed by atoms with Gasteiger partial charge in [-0.3, -0.25) is 14.5 Å². The molecule has 0 radical (unpaired) electrons. The van der Waals surface area contributed by atoms with Gasteiger partial charge in [0.1, 0.15) is 0 Å². The Kier molecular flexibility index (Phi) is 6.71. The van der Waals surface area contributed by atoms with Crippen LogP contribution in [0.15, 0.2) is 48.5 Å². The molecule has 0 aliphatic carbocycles. The third-order valence-corrected chi connectivity index (χ3v) is 3.80. The Hall–Kier alpha value is -2.66. The van der Waals surface area contributed by atoms with Crippen molar-refractivity contribution < 1.29 is 9.59 Å². The van der Waals surface area contributed by atoms with Crippen molar-refractivity contribution in [2.24, 2.45) is 0 Å². The van der Waals surface area contributed by atoms with E-state index in [-0.39, 0.29) is 24.9 Å². The number of aryl methyl sites for hydroxylation is 2. The monoisotopic (exact) mass is 339 g/mol. The molecule has 2 aromatic rings. The summed E-state index contributed by atoms with van der Waals surface area (Å²) in [6, 6.07) is 15.4. The van der Waals surface area contributed by atoms with Crippen molar-refractivity contribution in [3.63, 3.8) is 0 Å². The molecule has 0 saturated heterocycles. The highest BCUT2D eigenvalue weighted by Gasteiger charge is 2.12. The molecule has 0 fully saturated rings. The number of anilines is 2. The summed E-state index contributed by atoms with van der Waals surface area (Å²) in [5.41, 5.74) is 3.77. The number of hydrogen-bond donors (Lipinski definition) is 2. The van der Waals surface area contributed by atoms with Crippen LogP contribution in [0, 0.1) is 6.92 Å². The second-order valence-electron chi connectivity index (χ2n) is 6.15. The number of likely N-dealkylation sites (N-methyl/N-ethyl adjacent to an activating group) is 1. The maximum atomic E-state index is 12.2. The van der Waals surface area contributed by atoms with Gasteiger partial charge in [0.25, 0.3) is 0 Å². The Morgan fingerprint density at radius 1 is 0.960 bits per heavy atom. The van der Waals surface area contributed by atoms with E-state index in [1.165, 1.54) is 0 Å². The maximum Gasteiger partial charge on any atom is 0.238 e. The average molecular weight is 339 g/mol. The van der Waals surface area contributed by atoms with Crippen LogP contribution in [-0.2, 0) is 16.0 Å². The van der Waals surface area contributed by atoms with Crippen molar-refractivity contribution >= 4 is 23.2 Å². The van der Waals surface area contributed by atoms with E-state index in [2.05, 4.69) is 10.6 Å². The van der Waals surface area contributed by atoms with Crippen molar-refractivity contribution in [1.29, 1.82) is 0 Å². The van der Waals surface area contributed by atoms with Gasteiger partial charge < -0.3 is 10.6 Å². The third-order valence-electron chi connectivity index (χ3n) is 3.80. The van der Waals surface area contributed by atoms with E-state index < -0.39 is 0 Å². The van der Waals surface area contributed by atoms with Gasteiger partial charge in [0.15, 0.2) is 0 Å². The van der Waals surface area contributed by atoms with Gasteiger partial charge in [-0.15, -0.1) is 0 Å². The SMILES string of the molecule is CCc1ccccc1NC(=O)CN(C)CC(=O)Nc1cccc(C)c1. The van der Waals surface area contributed by atoms with Crippen LogP contribution < -0.4 is 10.6 Å². The summed E-state index contributed by atoms with van der Waals surface area (Å²) in [5, 5.41) is 5.75. The number of carbonyl (C=O) groups excluding carboxylic acids is 2. The quantitative estimate of drug-likeness (QED) is 0.815. The zero-order valence-corrected chi connectivity index (χ0v) is 15.0. The number of hydrogen-bond acceptors (Lipinski definition) is 3. The smallest absolute Gasteiger partial charge is 0.238 e. The molecule has 0 heterocycles. The van der Waals surface area contributed by atoms with Gasteiger partial charge in [-0.1, -0.05) is 37.3 Å². The minimum atomic E-state index is -0.144. The second kappa shape index (κ2) is 8.99. The molecule has 5 heteroatoms. The largest absolute Gasteiger partial charge is 0.325 e. The van der Waals surface area contributed by atoms with E-state index in [9.17, 15) is 9.59 Å². The molecule has 2 aromatic carbocycles. The Labute approximate surface area is 149 Å². The molecule has 5 nitrogen and oxygen atoms in total. The molecule has 0 aliphatic rings. The fourth-order valence-corrected chi connectivity index (χ4v) is 2.61. The second-order valence-corrected chi connectivity index (χ2v) is 6.15. The molecule has 2 rings (SSSR count). The topological polar surface area (TPSA) is 61.4 Å². The Morgan fingerprint density at radius 2 is 1.64 bits per heavy atom. The van der Waals surface area contributed by atoms with E-state index >= 15 is 0 Å². The van der Waals surface area contributed by atoms with Crippen molar-refractivity contribution in [2.75, 3.05) is 30.8 Å². The fourth-order valence-electron chi connectivity index (χ4n) is 2.61. The number of carbonyl (C=O) groups is 2. The molecule has 132 valence electrons. The summed E-state index contributed by atoms with van der Waals surface area (Å²) in [6.07, 6.45) is 0.852. The van der Waals surface area contributed by atoms with Crippen LogP contribution >= 0.6 is 0 Å². The molecule has 2 amide bonds. The van der Waals surface area contributed by atoms with Crippen LogP contribution in [0.2, 0.25) is 0 Å². The Bertz CT molecular complexity index is 743. The first kappa shape index (κ1) is 18.7. The zero-order chi connectivity index (χ0) is 18.2. The zero-order valence-electron chi connectivity index (χ0n) is 15.0. The predicted molar refractivity (Wildman–Crippen MR) is 102 cm³/mol. The van der Waals surface area contributed by atoms with Crippen molar-refractivity contribution in [2.45, 2.75) is 20.3 Å². The number of nitrogens with one attached hydrogen (secondary N) is 2. The van der Waals surface area contributed by atoms with Crippen molar-refractivity contribution in [3.8, 4) is 0 Å². The van der Waals surface area contributed by atoms with E-state index in [0.717, 1.165) is 28.9 Å². The van der Waals surface area contributed by atoms with Gasteiger partial charge in [-0.2, -0.15) is 0 Å². The van der Waals surface area contributed by atoms with Gasteiger partial charge in [-0.25, -0.2) is 0 Å². The first-order valence-electron chi connectivity index (χ1n) is 8.40. The summed E-state index contributed by atoms with van der Waals surface area (Å²) in [7, 11) is 1.75. The number of benzene rings is 2. The van der Waals surface area contributed by atoms with Crippen molar-refractivity contribution in [1.82, 2.24) is 4.90 Å². The molecule has 0 atom stereocenters. The normalized spacial score (nSPS) is 10.6. The molecule has 0 aliphatic heterocycles. The van der Waals surface area contributed by atoms with E-state index in [1.807, 2.05) is 62.4 Å². The van der Waals surface area contributed by atoms with E-state index in [1.54, 1.807) is 11.9 Å². The van der Waals surface area contributed by atoms with Crippen LogP contribution in [-0.4, -0.2) is 36.9 Å². The van der Waals surface area contributed by atoms with Gasteiger partial charge in [0.05, 0.1) is 13.1 Å². The predicted octanol–water partition coefficient (Wildman–Crippen LogP) is 3.07. The van der Waals surface area contributed by atoms with Crippen molar-refractivity contribution in [3.05, 3.63) is 59.7 Å². The molecule has 0 aromatic heterocycles. The lowest BCUT2D eigenvalue weighted by Crippen LogP contribution is -2.36. The molecule has 0 bridgehead atoms. The summed E-state index contributed by atoms with van der Waals surface area (Å²) < 4.78 is 0. The Balaban J connectivity index is 1.83. The first-order chi connectivity index (χ1) is 12.0. The summed E-state index contributed by atoms with van der Waals surface area (Å²) >= 11 is 0. The van der Waals surface area contributed by atoms with E-state index in [4.69, 9.17) is 0 Å². The van der Waals surface area contributed by atoms with Crippen LogP contribution in [0.1, 0.15) is 18.1 Å². The van der Waals surface area contributed by atoms with E-state index in [0.29, 0.717) is 0 Å². The minimum Gasteiger partial charge on any atom is -0.325 e. The molecule has 25 heavy (non-hydrogen) atoms. The average Bonchev–Trinajstić information content (AvgIpc) is 2.54. The van der Waals surface area contributed by atoms with Gasteiger partial charge in [0, 0.05) is 11.4 Å². The van der Waals surface area contributed by atoms with Crippen LogP contribution in [0.4, 0.5) is 11.4 Å². The first-order valence-corrected chi connectivity index (χ1v) is 8.40. The highest BCUT2D eigenvalue weighted by atomic mass is 16.2. The summed E-state index contributed by atoms with van der Waals surface area (Å²) in [4.78, 5) is 26.0. The number of para-hydroxylation sites is 1. The highest BCUT2D eigenvalue weighted by Crippen LogP contribution is 2.15. The summed E-state index contributed by atoms with van der Waals surface area (Å²) in [6.45, 7) is 4.32. The molecule has 0 saturated carbocycles. The highest BCUT2D eigenvalue weighted by molar-refractivity contribution is 5.95. The van der Waals surface area contributed by atoms with Crippen LogP contribution in [0.5, 0.6) is 0 Å². The number of nitrogens with zero attached hydrogens (tertiary/aromatic N) is 1. The summed E-state index contributed by atoms with van der Waals surface area (Å²) in [5.74, 6) is -0.276. The molecule has 0 unspecified atom stereocenters. The lowest BCUT2D eigenvalue weighted by atomic mass is 10.1. The lowest BCUT2D eigenvalue weighted by molar-refractivity contribution is -0.119. The van der Waals surface area contributed by atoms with Gasteiger partial charge >= 0.3 is 0 Å². The molecule has 0 spiro atoms. The molecule has 2 N–H and O–H groups in total. The minimum absolute atomic E-state index is 0.133. The third kappa shape index (κ3) is 6.04. The van der Waals surface area contributed by atoms with Gasteiger partial charge in [0.2, 0.25) is 11.8 Å². The lowest BCUT2D eigenvalue weighted by Gasteiger charge is -2.17. The number of amides is 2. The molecular weight excluding hydrogens is 314 g/mol. The standard InChI is InChI=1S/C20H25N3O2/c1-4-16-9-5-6-11-18(16)22-20(25)14-23(3)13-19(24)21-17-10-7-8-15(2)12-17/h5-12H,4,13-14H2,1-3H3,(H,21,24)(H,22,25). The Morgan fingerprint density at radius 3 is 2.32 bits per heavy atom. The molecular formula is C20H25N3O2. The number of rotatable bonds is 7. The van der Waals surface area contributed by atoms with Gasteiger partial charge in [-0.05, 0) is 49.7 Å². The van der Waals surface area contributed by atoms with Crippen LogP contribution in [0.3, 0.4) is 0 Å². The maximum absolute atomic E-state index is 12.2. The van der Waals surface area contributed by atoms with Crippen LogP contribution in [0.25, 0.3) is 0 Å². The fraction of sp³-hybridized carbons (Fsp3) is 0.300.